The molecule has 30 heavy (non-hydrogen) atoms. The van der Waals surface area contributed by atoms with Crippen molar-refractivity contribution in [3.8, 4) is 16.9 Å². The number of urea groups is 1. The molecule has 0 saturated carbocycles. The van der Waals surface area contributed by atoms with E-state index in [-0.39, 0.29) is 23.7 Å². The van der Waals surface area contributed by atoms with Crippen molar-refractivity contribution in [2.75, 3.05) is 10.6 Å². The van der Waals surface area contributed by atoms with Gasteiger partial charge in [0.05, 0.1) is 22.3 Å². The van der Waals surface area contributed by atoms with Crippen LogP contribution in [0.2, 0.25) is 0 Å². The molecule has 1 heterocycles. The third-order valence-corrected chi connectivity index (χ3v) is 4.85. The fourth-order valence-electron chi connectivity index (χ4n) is 3.44. The van der Waals surface area contributed by atoms with Gasteiger partial charge in [0.1, 0.15) is 11.6 Å². The SMILES string of the molecule is NCc1ccc(F)c(N(C(N)=O)c2ccc(-c3cccc4[nH]nc(N)c34)cc2O)c1. The Kier molecular flexibility index (Phi) is 4.72. The van der Waals surface area contributed by atoms with Gasteiger partial charge in [-0.25, -0.2) is 9.18 Å². The minimum Gasteiger partial charge on any atom is -0.506 e. The molecule has 0 saturated heterocycles. The predicted molar refractivity (Wildman–Crippen MR) is 114 cm³/mol. The zero-order chi connectivity index (χ0) is 21.4. The molecule has 8 N–H and O–H groups in total. The van der Waals surface area contributed by atoms with Crippen molar-refractivity contribution in [2.45, 2.75) is 6.54 Å². The van der Waals surface area contributed by atoms with Gasteiger partial charge in [0.15, 0.2) is 5.82 Å². The van der Waals surface area contributed by atoms with Gasteiger partial charge < -0.3 is 22.3 Å². The first-order valence-corrected chi connectivity index (χ1v) is 9.04. The number of phenolic OH excluding ortho intramolecular Hbond substituents is 1. The van der Waals surface area contributed by atoms with Gasteiger partial charge in [-0.05, 0) is 47.0 Å². The average Bonchev–Trinajstić information content (AvgIpc) is 3.11. The van der Waals surface area contributed by atoms with Gasteiger partial charge in [-0.1, -0.05) is 24.3 Å². The number of halogens is 1. The maximum absolute atomic E-state index is 14.5. The molecule has 0 unspecified atom stereocenters. The number of fused-ring (bicyclic) bond motifs is 1. The van der Waals surface area contributed by atoms with Crippen LogP contribution in [0.4, 0.5) is 26.4 Å². The quantitative estimate of drug-likeness (QED) is 0.353. The summed E-state index contributed by atoms with van der Waals surface area (Å²) in [6.45, 7) is 0.154. The Morgan fingerprint density at radius 3 is 2.63 bits per heavy atom. The topological polar surface area (TPSA) is 147 Å². The molecule has 8 nitrogen and oxygen atoms in total. The predicted octanol–water partition coefficient (Wildman–Crippen LogP) is 3.33. The van der Waals surface area contributed by atoms with Crippen LogP contribution < -0.4 is 22.1 Å². The molecule has 2 amide bonds. The molecule has 0 aliphatic carbocycles. The van der Waals surface area contributed by atoms with Crippen LogP contribution in [0, 0.1) is 5.82 Å². The van der Waals surface area contributed by atoms with E-state index in [0.717, 1.165) is 16.0 Å². The third kappa shape index (κ3) is 3.16. The van der Waals surface area contributed by atoms with Crippen LogP contribution in [0.15, 0.2) is 54.6 Å². The monoisotopic (exact) mass is 406 g/mol. The van der Waals surface area contributed by atoms with Crippen LogP contribution >= 0.6 is 0 Å². The van der Waals surface area contributed by atoms with E-state index in [1.807, 2.05) is 18.2 Å². The minimum atomic E-state index is -0.952. The van der Waals surface area contributed by atoms with Gasteiger partial charge in [0, 0.05) is 6.54 Å². The highest BCUT2D eigenvalue weighted by Crippen LogP contribution is 2.39. The fourth-order valence-corrected chi connectivity index (χ4v) is 3.44. The van der Waals surface area contributed by atoms with Gasteiger partial charge in [0.2, 0.25) is 0 Å². The van der Waals surface area contributed by atoms with Crippen molar-refractivity contribution in [2.24, 2.45) is 11.5 Å². The number of carbonyl (C=O) groups is 1. The first kappa shape index (κ1) is 19.2. The van der Waals surface area contributed by atoms with Crippen molar-refractivity contribution in [3.05, 3.63) is 66.0 Å². The summed E-state index contributed by atoms with van der Waals surface area (Å²) in [5, 5.41) is 18.2. The molecular formula is C21H19FN6O2. The molecule has 0 aliphatic rings. The maximum Gasteiger partial charge on any atom is 0.324 e. The number of hydrogen-bond donors (Lipinski definition) is 5. The molecule has 0 radical (unpaired) electrons. The lowest BCUT2D eigenvalue weighted by Crippen LogP contribution is -2.32. The van der Waals surface area contributed by atoms with E-state index < -0.39 is 11.8 Å². The van der Waals surface area contributed by atoms with Crippen molar-refractivity contribution in [1.82, 2.24) is 10.2 Å². The van der Waals surface area contributed by atoms with Gasteiger partial charge in [-0.2, -0.15) is 5.10 Å². The Morgan fingerprint density at radius 1 is 1.13 bits per heavy atom. The van der Waals surface area contributed by atoms with Gasteiger partial charge >= 0.3 is 6.03 Å². The summed E-state index contributed by atoms with van der Waals surface area (Å²) in [4.78, 5) is 13.1. The lowest BCUT2D eigenvalue weighted by molar-refractivity contribution is 0.255. The molecule has 4 aromatic rings. The smallest absolute Gasteiger partial charge is 0.324 e. The molecule has 0 fully saturated rings. The van der Waals surface area contributed by atoms with Crippen LogP contribution in [-0.2, 0) is 6.54 Å². The summed E-state index contributed by atoms with van der Waals surface area (Å²) in [6, 6.07) is 13.3. The largest absolute Gasteiger partial charge is 0.506 e. The summed E-state index contributed by atoms with van der Waals surface area (Å²) < 4.78 is 14.5. The van der Waals surface area contributed by atoms with Crippen molar-refractivity contribution in [1.29, 1.82) is 0 Å². The molecule has 9 heteroatoms. The van der Waals surface area contributed by atoms with Crippen LogP contribution in [-0.4, -0.2) is 21.3 Å². The lowest BCUT2D eigenvalue weighted by atomic mass is 10.0. The molecule has 0 atom stereocenters. The number of nitrogens with one attached hydrogen (secondary N) is 1. The highest BCUT2D eigenvalue weighted by atomic mass is 19.1. The molecule has 152 valence electrons. The van der Waals surface area contributed by atoms with Crippen molar-refractivity contribution < 1.29 is 14.3 Å². The highest BCUT2D eigenvalue weighted by molar-refractivity contribution is 6.03. The number of carbonyl (C=O) groups excluding carboxylic acids is 1. The van der Waals surface area contributed by atoms with E-state index in [1.54, 1.807) is 6.07 Å². The normalized spacial score (nSPS) is 11.0. The molecule has 0 bridgehead atoms. The van der Waals surface area contributed by atoms with Crippen LogP contribution in [0.25, 0.3) is 22.0 Å². The van der Waals surface area contributed by atoms with E-state index >= 15 is 0 Å². The summed E-state index contributed by atoms with van der Waals surface area (Å²) in [5.41, 5.74) is 19.8. The number of aromatic amines is 1. The third-order valence-electron chi connectivity index (χ3n) is 4.85. The first-order chi connectivity index (χ1) is 14.4. The number of nitrogens with two attached hydrogens (primary N) is 3. The second kappa shape index (κ2) is 7.37. The Balaban J connectivity index is 1.84. The second-order valence-electron chi connectivity index (χ2n) is 6.70. The summed E-state index contributed by atoms with van der Waals surface area (Å²) in [5.74, 6) is -0.614. The number of aromatic nitrogens is 2. The number of nitrogens with zero attached hydrogens (tertiary/aromatic N) is 2. The fraction of sp³-hybridized carbons (Fsp3) is 0.0476. The molecule has 0 spiro atoms. The zero-order valence-corrected chi connectivity index (χ0v) is 15.8. The van der Waals surface area contributed by atoms with Crippen molar-refractivity contribution in [3.63, 3.8) is 0 Å². The van der Waals surface area contributed by atoms with E-state index in [4.69, 9.17) is 17.2 Å². The number of primary amides is 1. The highest BCUT2D eigenvalue weighted by Gasteiger charge is 2.23. The molecule has 4 rings (SSSR count). The maximum atomic E-state index is 14.5. The van der Waals surface area contributed by atoms with E-state index in [0.29, 0.717) is 22.3 Å². The lowest BCUT2D eigenvalue weighted by Gasteiger charge is -2.23. The number of nitrogen functional groups attached to an aromatic ring is 1. The van der Waals surface area contributed by atoms with Crippen molar-refractivity contribution >= 4 is 34.1 Å². The molecular weight excluding hydrogens is 387 g/mol. The number of benzene rings is 3. The number of amides is 2. The number of aromatic hydroxyl groups is 1. The minimum absolute atomic E-state index is 0.0339. The second-order valence-corrected chi connectivity index (χ2v) is 6.70. The standard InChI is InChI=1S/C21H19FN6O2/c22-14-6-4-11(10-23)8-17(14)28(21(25)30)16-7-5-12(9-18(16)29)13-2-1-3-15-19(13)20(24)27-26-15/h1-9,29H,10,23H2,(H2,25,30)(H3,24,26,27). The average molecular weight is 406 g/mol. The Labute approximate surface area is 170 Å². The number of hydrogen-bond acceptors (Lipinski definition) is 5. The molecule has 3 aromatic carbocycles. The van der Waals surface area contributed by atoms with Gasteiger partial charge in [-0.3, -0.25) is 10.00 Å². The first-order valence-electron chi connectivity index (χ1n) is 9.04. The number of H-pyrrole nitrogens is 1. The number of anilines is 3. The van der Waals surface area contributed by atoms with Crippen LogP contribution in [0.3, 0.4) is 0 Å². The number of phenols is 1. The number of rotatable bonds is 4. The summed E-state index contributed by atoms with van der Waals surface area (Å²) in [7, 11) is 0. The summed E-state index contributed by atoms with van der Waals surface area (Å²) in [6.07, 6.45) is 0. The van der Waals surface area contributed by atoms with Crippen LogP contribution in [0.5, 0.6) is 5.75 Å². The van der Waals surface area contributed by atoms with E-state index in [9.17, 15) is 14.3 Å². The Bertz CT molecular complexity index is 1270. The van der Waals surface area contributed by atoms with Crippen LogP contribution in [0.1, 0.15) is 5.56 Å². The van der Waals surface area contributed by atoms with E-state index in [1.165, 1.54) is 30.3 Å². The molecule has 0 aliphatic heterocycles. The zero-order valence-electron chi connectivity index (χ0n) is 15.8. The van der Waals surface area contributed by atoms with Gasteiger partial charge in [0.25, 0.3) is 0 Å². The van der Waals surface area contributed by atoms with E-state index in [2.05, 4.69) is 10.2 Å². The Morgan fingerprint density at radius 2 is 1.93 bits per heavy atom. The van der Waals surface area contributed by atoms with Gasteiger partial charge in [-0.15, -0.1) is 0 Å². The molecule has 1 aromatic heterocycles. The summed E-state index contributed by atoms with van der Waals surface area (Å²) >= 11 is 0. The Hall–Kier alpha value is -4.11.